The monoisotopic (exact) mass is 229 g/mol. The van der Waals surface area contributed by atoms with Crippen LogP contribution in [0.25, 0.3) is 10.9 Å². The Kier molecular flexibility index (Phi) is 2.48. The Morgan fingerprint density at radius 2 is 2.12 bits per heavy atom. The van der Waals surface area contributed by atoms with Crippen molar-refractivity contribution >= 4 is 16.7 Å². The third-order valence-electron chi connectivity index (χ3n) is 2.94. The number of hydrogen-bond acceptors (Lipinski definition) is 3. The molecule has 1 aliphatic rings. The van der Waals surface area contributed by atoms with Gasteiger partial charge in [0.25, 0.3) is 0 Å². The smallest absolute Gasteiger partial charge is 0.140 e. The number of nitrogens with zero attached hydrogens (tertiary/aromatic N) is 3. The van der Waals surface area contributed by atoms with Gasteiger partial charge in [-0.2, -0.15) is 0 Å². The number of halogens is 1. The zero-order valence-electron chi connectivity index (χ0n) is 9.31. The minimum Gasteiger partial charge on any atom is -0.352 e. The molecule has 2 heterocycles. The normalized spacial score (nSPS) is 15.5. The van der Waals surface area contributed by atoms with Crippen LogP contribution >= 0.6 is 0 Å². The van der Waals surface area contributed by atoms with Crippen LogP contribution in [0.5, 0.6) is 0 Å². The molecule has 0 radical (unpaired) electrons. The highest BCUT2D eigenvalue weighted by Crippen LogP contribution is 2.24. The first-order chi connectivity index (χ1) is 8.34. The van der Waals surface area contributed by atoms with Crippen molar-refractivity contribution in [1.29, 1.82) is 0 Å². The van der Waals surface area contributed by atoms with Crippen molar-refractivity contribution in [3.05, 3.63) is 42.5 Å². The van der Waals surface area contributed by atoms with Crippen LogP contribution in [0.2, 0.25) is 0 Å². The number of anilines is 1. The van der Waals surface area contributed by atoms with E-state index < -0.39 is 0 Å². The van der Waals surface area contributed by atoms with E-state index >= 15 is 0 Å². The van der Waals surface area contributed by atoms with Gasteiger partial charge in [-0.3, -0.25) is 0 Å². The Hall–Kier alpha value is -1.97. The predicted molar refractivity (Wildman–Crippen MR) is 65.5 cm³/mol. The minimum absolute atomic E-state index is 0.263. The van der Waals surface area contributed by atoms with Crippen molar-refractivity contribution in [2.45, 2.75) is 6.42 Å². The van der Waals surface area contributed by atoms with Crippen LogP contribution in [0.3, 0.4) is 0 Å². The fraction of sp³-hybridized carbons (Fsp3) is 0.231. The first-order valence-corrected chi connectivity index (χ1v) is 5.65. The van der Waals surface area contributed by atoms with E-state index in [0.717, 1.165) is 30.7 Å². The van der Waals surface area contributed by atoms with Gasteiger partial charge in [-0.1, -0.05) is 12.2 Å². The second-order valence-corrected chi connectivity index (χ2v) is 4.06. The summed E-state index contributed by atoms with van der Waals surface area (Å²) in [6.07, 6.45) is 6.81. The maximum absolute atomic E-state index is 13.1. The van der Waals surface area contributed by atoms with Gasteiger partial charge in [-0.15, -0.1) is 0 Å². The fourth-order valence-electron chi connectivity index (χ4n) is 2.10. The molecule has 0 unspecified atom stereocenters. The van der Waals surface area contributed by atoms with Crippen molar-refractivity contribution in [2.24, 2.45) is 0 Å². The second kappa shape index (κ2) is 4.13. The number of aromatic nitrogens is 2. The molecule has 0 saturated carbocycles. The molecule has 1 aromatic carbocycles. The van der Waals surface area contributed by atoms with Crippen LogP contribution in [0.4, 0.5) is 10.2 Å². The molecule has 1 aromatic heterocycles. The SMILES string of the molecule is Fc1ccc2c(N3CC=CCC3)ncnc2c1. The molecular formula is C13H12FN3. The van der Waals surface area contributed by atoms with Crippen LogP contribution in [-0.2, 0) is 0 Å². The molecule has 0 amide bonds. The molecule has 0 atom stereocenters. The van der Waals surface area contributed by atoms with Gasteiger partial charge in [0.1, 0.15) is 18.0 Å². The first kappa shape index (κ1) is 10.2. The fourth-order valence-corrected chi connectivity index (χ4v) is 2.10. The molecule has 0 aliphatic carbocycles. The lowest BCUT2D eigenvalue weighted by Crippen LogP contribution is -2.27. The van der Waals surface area contributed by atoms with E-state index in [4.69, 9.17) is 0 Å². The Morgan fingerprint density at radius 1 is 1.18 bits per heavy atom. The minimum atomic E-state index is -0.263. The number of hydrogen-bond donors (Lipinski definition) is 0. The summed E-state index contributed by atoms with van der Waals surface area (Å²) in [5, 5.41) is 0.907. The van der Waals surface area contributed by atoms with Crippen LogP contribution in [0.15, 0.2) is 36.7 Å². The average Bonchev–Trinajstić information content (AvgIpc) is 2.39. The summed E-state index contributed by atoms with van der Waals surface area (Å²) < 4.78 is 13.1. The van der Waals surface area contributed by atoms with E-state index in [1.807, 2.05) is 0 Å². The second-order valence-electron chi connectivity index (χ2n) is 4.06. The van der Waals surface area contributed by atoms with Gasteiger partial charge < -0.3 is 4.90 Å². The molecule has 0 bridgehead atoms. The summed E-state index contributed by atoms with van der Waals surface area (Å²) in [6, 6.07) is 4.65. The van der Waals surface area contributed by atoms with E-state index in [1.165, 1.54) is 18.5 Å². The number of benzene rings is 1. The molecule has 2 aromatic rings. The van der Waals surface area contributed by atoms with Gasteiger partial charge in [-0.25, -0.2) is 14.4 Å². The van der Waals surface area contributed by atoms with E-state index in [1.54, 1.807) is 6.07 Å². The maximum Gasteiger partial charge on any atom is 0.140 e. The molecule has 17 heavy (non-hydrogen) atoms. The highest BCUT2D eigenvalue weighted by molar-refractivity contribution is 5.89. The van der Waals surface area contributed by atoms with Gasteiger partial charge >= 0.3 is 0 Å². The first-order valence-electron chi connectivity index (χ1n) is 5.65. The van der Waals surface area contributed by atoms with Gasteiger partial charge in [-0.05, 0) is 18.6 Å². The van der Waals surface area contributed by atoms with E-state index in [0.29, 0.717) is 5.52 Å². The van der Waals surface area contributed by atoms with Crippen LogP contribution in [-0.4, -0.2) is 23.1 Å². The highest BCUT2D eigenvalue weighted by atomic mass is 19.1. The van der Waals surface area contributed by atoms with Gasteiger partial charge in [0.15, 0.2) is 0 Å². The summed E-state index contributed by atoms with van der Waals surface area (Å²) in [5.41, 5.74) is 0.657. The van der Waals surface area contributed by atoms with Gasteiger partial charge in [0.2, 0.25) is 0 Å². The summed E-state index contributed by atoms with van der Waals surface area (Å²) in [5.74, 6) is 0.625. The molecule has 4 heteroatoms. The van der Waals surface area contributed by atoms with E-state index in [2.05, 4.69) is 27.0 Å². The average molecular weight is 229 g/mol. The molecule has 3 rings (SSSR count). The van der Waals surface area contributed by atoms with E-state index in [-0.39, 0.29) is 5.82 Å². The zero-order chi connectivity index (χ0) is 11.7. The molecule has 0 N–H and O–H groups in total. The number of rotatable bonds is 1. The quantitative estimate of drug-likeness (QED) is 0.704. The van der Waals surface area contributed by atoms with Crippen molar-refractivity contribution in [2.75, 3.05) is 18.0 Å². The lowest BCUT2D eigenvalue weighted by atomic mass is 10.2. The van der Waals surface area contributed by atoms with Crippen molar-refractivity contribution in [3.63, 3.8) is 0 Å². The Balaban J connectivity index is 2.12. The third-order valence-corrected chi connectivity index (χ3v) is 2.94. The maximum atomic E-state index is 13.1. The Bertz CT molecular complexity index is 580. The summed E-state index contributed by atoms with van der Waals surface area (Å²) in [4.78, 5) is 10.6. The van der Waals surface area contributed by atoms with Crippen LogP contribution in [0, 0.1) is 5.82 Å². The Morgan fingerprint density at radius 3 is 2.94 bits per heavy atom. The largest absolute Gasteiger partial charge is 0.352 e. The summed E-state index contributed by atoms with van der Waals surface area (Å²) in [7, 11) is 0. The third kappa shape index (κ3) is 1.86. The van der Waals surface area contributed by atoms with E-state index in [9.17, 15) is 4.39 Å². The predicted octanol–water partition coefficient (Wildman–Crippen LogP) is 2.54. The van der Waals surface area contributed by atoms with Crippen molar-refractivity contribution < 1.29 is 4.39 Å². The lowest BCUT2D eigenvalue weighted by Gasteiger charge is -2.25. The molecular weight excluding hydrogens is 217 g/mol. The standard InChI is InChI=1S/C13H12FN3/c14-10-4-5-11-12(8-10)15-9-16-13(11)17-6-2-1-3-7-17/h1-2,4-5,8-9H,3,6-7H2. The zero-order valence-corrected chi connectivity index (χ0v) is 9.31. The molecule has 86 valence electrons. The van der Waals surface area contributed by atoms with Crippen LogP contribution in [0.1, 0.15) is 6.42 Å². The lowest BCUT2D eigenvalue weighted by molar-refractivity contribution is 0.629. The molecule has 0 saturated heterocycles. The Labute approximate surface area is 98.6 Å². The molecule has 1 aliphatic heterocycles. The summed E-state index contributed by atoms with van der Waals surface area (Å²) in [6.45, 7) is 1.80. The molecule has 0 spiro atoms. The van der Waals surface area contributed by atoms with Crippen molar-refractivity contribution in [3.8, 4) is 0 Å². The van der Waals surface area contributed by atoms with Gasteiger partial charge in [0.05, 0.1) is 5.52 Å². The number of fused-ring (bicyclic) bond motifs is 1. The molecule has 0 fully saturated rings. The summed E-state index contributed by atoms with van der Waals surface area (Å²) >= 11 is 0. The molecule has 3 nitrogen and oxygen atoms in total. The topological polar surface area (TPSA) is 29.0 Å². The van der Waals surface area contributed by atoms with Gasteiger partial charge in [0, 0.05) is 24.5 Å². The van der Waals surface area contributed by atoms with Crippen LogP contribution < -0.4 is 4.90 Å². The van der Waals surface area contributed by atoms with Crippen molar-refractivity contribution in [1.82, 2.24) is 9.97 Å². The highest BCUT2D eigenvalue weighted by Gasteiger charge is 2.12.